The van der Waals surface area contributed by atoms with Crippen LogP contribution < -0.4 is 0 Å². The molecular weight excluding hydrogens is 306 g/mol. The summed E-state index contributed by atoms with van der Waals surface area (Å²) in [4.78, 5) is 36.9. The predicted octanol–water partition coefficient (Wildman–Crippen LogP) is 0.870. The Morgan fingerprint density at radius 3 is 2.77 bits per heavy atom. The van der Waals surface area contributed by atoms with Gasteiger partial charge in [0, 0.05) is 18.7 Å². The van der Waals surface area contributed by atoms with Crippen LogP contribution in [0.15, 0.2) is 12.2 Å². The van der Waals surface area contributed by atoms with Gasteiger partial charge in [0.2, 0.25) is 11.8 Å². The van der Waals surface area contributed by atoms with E-state index in [-0.39, 0.29) is 24.3 Å². The van der Waals surface area contributed by atoms with Gasteiger partial charge in [-0.05, 0) is 12.8 Å². The summed E-state index contributed by atoms with van der Waals surface area (Å²) in [6.45, 7) is 0.361. The Balaban J connectivity index is 1.61. The lowest BCUT2D eigenvalue weighted by Crippen LogP contribution is -2.42. The molecule has 2 fully saturated rings. The van der Waals surface area contributed by atoms with Gasteiger partial charge in [0.05, 0.1) is 17.9 Å². The Morgan fingerprint density at radius 2 is 2.09 bits per heavy atom. The second kappa shape index (κ2) is 5.70. The highest BCUT2D eigenvalue weighted by atomic mass is 32.1. The number of imide groups is 1. The molecule has 120 valence electrons. The lowest BCUT2D eigenvalue weighted by atomic mass is 9.78. The van der Waals surface area contributed by atoms with Crippen LogP contribution in [0.5, 0.6) is 0 Å². The van der Waals surface area contributed by atoms with Gasteiger partial charge in [-0.15, -0.1) is 0 Å². The van der Waals surface area contributed by atoms with Crippen LogP contribution in [0.3, 0.4) is 0 Å². The monoisotopic (exact) mass is 325 g/mol. The van der Waals surface area contributed by atoms with Crippen LogP contribution in [0, 0.1) is 11.8 Å². The summed E-state index contributed by atoms with van der Waals surface area (Å²) in [5.41, 5.74) is -0.733. The number of unbranched alkanes of at least 4 members (excludes halogenated alkanes) is 2. The number of likely N-dealkylation sites (tertiary alicyclic amines) is 1. The first-order valence-corrected chi connectivity index (χ1v) is 8.18. The van der Waals surface area contributed by atoms with Gasteiger partial charge >= 0.3 is 5.97 Å². The zero-order chi connectivity index (χ0) is 15.9. The molecule has 2 amide bonds. The van der Waals surface area contributed by atoms with Crippen LogP contribution in [-0.4, -0.2) is 51.8 Å². The van der Waals surface area contributed by atoms with Gasteiger partial charge in [-0.25, -0.2) is 0 Å². The number of carboxylic acids is 1. The first kappa shape index (κ1) is 15.6. The summed E-state index contributed by atoms with van der Waals surface area (Å²) in [5.74, 6) is -1.64. The normalized spacial score (nSPS) is 35.5. The number of rotatable bonds is 7. The summed E-state index contributed by atoms with van der Waals surface area (Å²) < 4.78 is 5.81. The van der Waals surface area contributed by atoms with E-state index in [0.717, 1.165) is 0 Å². The predicted molar refractivity (Wildman–Crippen MR) is 80.4 cm³/mol. The van der Waals surface area contributed by atoms with Gasteiger partial charge < -0.3 is 9.84 Å². The Hall–Kier alpha value is -1.34. The van der Waals surface area contributed by atoms with Crippen LogP contribution in [0.25, 0.3) is 0 Å². The zero-order valence-corrected chi connectivity index (χ0v) is 13.0. The highest BCUT2D eigenvalue weighted by Gasteiger charge is 2.66. The first-order chi connectivity index (χ1) is 10.5. The Bertz CT molecular complexity index is 548. The molecule has 7 heteroatoms. The molecule has 0 spiro atoms. The van der Waals surface area contributed by atoms with Crippen molar-refractivity contribution in [3.05, 3.63) is 12.2 Å². The summed E-state index contributed by atoms with van der Waals surface area (Å²) in [6.07, 6.45) is 5.42. The fourth-order valence-corrected chi connectivity index (χ4v) is 4.06. The standard InChI is InChI=1S/C15H19NO5S/c17-10(18)4-2-1-3-7-16-13(19)11-9-5-6-15(8-22,21-9)12(11)14(16)20/h5-6,9,11-12,22H,1-4,7-8H2,(H,17,18). The van der Waals surface area contributed by atoms with E-state index in [0.29, 0.717) is 31.6 Å². The van der Waals surface area contributed by atoms with Crippen LogP contribution in [0.1, 0.15) is 25.7 Å². The van der Waals surface area contributed by atoms with Crippen molar-refractivity contribution in [2.24, 2.45) is 11.8 Å². The van der Waals surface area contributed by atoms with E-state index in [4.69, 9.17) is 9.84 Å². The molecule has 3 aliphatic rings. The molecule has 0 aliphatic carbocycles. The number of aliphatic carboxylic acids is 1. The van der Waals surface area contributed by atoms with Gasteiger partial charge in [0.15, 0.2) is 0 Å². The molecule has 1 N–H and O–H groups in total. The molecule has 0 saturated carbocycles. The van der Waals surface area contributed by atoms with Crippen LogP contribution in [0.2, 0.25) is 0 Å². The fourth-order valence-electron chi connectivity index (χ4n) is 3.69. The van der Waals surface area contributed by atoms with Crippen LogP contribution >= 0.6 is 12.6 Å². The molecule has 3 rings (SSSR count). The van der Waals surface area contributed by atoms with E-state index < -0.39 is 23.4 Å². The van der Waals surface area contributed by atoms with E-state index >= 15 is 0 Å². The zero-order valence-electron chi connectivity index (χ0n) is 12.1. The van der Waals surface area contributed by atoms with Crippen molar-refractivity contribution in [3.8, 4) is 0 Å². The number of thiol groups is 1. The number of ether oxygens (including phenoxy) is 1. The molecule has 0 aromatic carbocycles. The molecule has 2 bridgehead atoms. The van der Waals surface area contributed by atoms with Crippen molar-refractivity contribution in [1.29, 1.82) is 0 Å². The minimum Gasteiger partial charge on any atom is -0.481 e. The number of nitrogens with zero attached hydrogens (tertiary/aromatic N) is 1. The maximum absolute atomic E-state index is 12.6. The average Bonchev–Trinajstić information content (AvgIpc) is 3.12. The molecule has 3 aliphatic heterocycles. The second-order valence-corrected chi connectivity index (χ2v) is 6.41. The summed E-state index contributed by atoms with van der Waals surface area (Å²) >= 11 is 4.29. The van der Waals surface area contributed by atoms with E-state index in [2.05, 4.69) is 12.6 Å². The molecule has 4 atom stereocenters. The first-order valence-electron chi connectivity index (χ1n) is 7.55. The third kappa shape index (κ3) is 2.27. The van der Waals surface area contributed by atoms with E-state index in [9.17, 15) is 14.4 Å². The van der Waals surface area contributed by atoms with Crippen molar-refractivity contribution in [3.63, 3.8) is 0 Å². The molecule has 0 aromatic rings. The number of carbonyl (C=O) groups is 3. The highest BCUT2D eigenvalue weighted by Crippen LogP contribution is 2.52. The molecular formula is C15H19NO5S. The lowest BCUT2D eigenvalue weighted by molar-refractivity contribution is -0.144. The van der Waals surface area contributed by atoms with Crippen LogP contribution in [0.4, 0.5) is 0 Å². The minimum atomic E-state index is -0.821. The molecule has 3 heterocycles. The molecule has 4 unspecified atom stereocenters. The average molecular weight is 325 g/mol. The maximum Gasteiger partial charge on any atom is 0.303 e. The molecule has 2 saturated heterocycles. The van der Waals surface area contributed by atoms with Crippen molar-refractivity contribution in [2.75, 3.05) is 12.3 Å². The molecule has 0 radical (unpaired) electrons. The van der Waals surface area contributed by atoms with Gasteiger partial charge in [0.1, 0.15) is 5.60 Å². The van der Waals surface area contributed by atoms with Gasteiger partial charge in [0.25, 0.3) is 0 Å². The highest BCUT2D eigenvalue weighted by molar-refractivity contribution is 7.80. The van der Waals surface area contributed by atoms with E-state index in [1.54, 1.807) is 0 Å². The third-order valence-corrected chi connectivity index (χ3v) is 5.26. The SMILES string of the molecule is O=C(O)CCCCCN1C(=O)C2C3C=CC(CS)(O3)C2C1=O. The van der Waals surface area contributed by atoms with Crippen molar-refractivity contribution in [2.45, 2.75) is 37.4 Å². The molecule has 0 aromatic heterocycles. The topological polar surface area (TPSA) is 83.9 Å². The molecule has 6 nitrogen and oxygen atoms in total. The minimum absolute atomic E-state index is 0.121. The van der Waals surface area contributed by atoms with Gasteiger partial charge in [-0.2, -0.15) is 12.6 Å². The Labute approximate surface area is 133 Å². The number of carbonyl (C=O) groups excluding carboxylic acids is 2. The van der Waals surface area contributed by atoms with Gasteiger partial charge in [-0.1, -0.05) is 18.6 Å². The van der Waals surface area contributed by atoms with Crippen molar-refractivity contribution < 1.29 is 24.2 Å². The number of amides is 2. The van der Waals surface area contributed by atoms with E-state index in [1.807, 2.05) is 12.2 Å². The second-order valence-electron chi connectivity index (χ2n) is 6.09. The van der Waals surface area contributed by atoms with Crippen molar-refractivity contribution in [1.82, 2.24) is 4.90 Å². The summed E-state index contributed by atoms with van der Waals surface area (Å²) in [6, 6.07) is 0. The molecule has 22 heavy (non-hydrogen) atoms. The number of hydrogen-bond acceptors (Lipinski definition) is 5. The summed E-state index contributed by atoms with van der Waals surface area (Å²) in [7, 11) is 0. The Kier molecular flexibility index (Phi) is 4.03. The van der Waals surface area contributed by atoms with Crippen molar-refractivity contribution >= 4 is 30.4 Å². The Morgan fingerprint density at radius 1 is 1.32 bits per heavy atom. The number of hydrogen-bond donors (Lipinski definition) is 2. The van der Waals surface area contributed by atoms with Gasteiger partial charge in [-0.3, -0.25) is 19.3 Å². The summed E-state index contributed by atoms with van der Waals surface area (Å²) in [5, 5.41) is 8.59. The fraction of sp³-hybridized carbons (Fsp3) is 0.667. The smallest absolute Gasteiger partial charge is 0.303 e. The lowest BCUT2D eigenvalue weighted by Gasteiger charge is -2.26. The number of carboxylic acid groups (broad SMARTS) is 1. The maximum atomic E-state index is 12.6. The largest absolute Gasteiger partial charge is 0.481 e. The van der Waals surface area contributed by atoms with E-state index in [1.165, 1.54) is 4.90 Å². The van der Waals surface area contributed by atoms with Crippen LogP contribution in [-0.2, 0) is 19.1 Å². The number of fused-ring (bicyclic) bond motifs is 5. The quantitative estimate of drug-likeness (QED) is 0.314. The third-order valence-electron chi connectivity index (χ3n) is 4.77.